The van der Waals surface area contributed by atoms with E-state index in [1.54, 1.807) is 24.3 Å². The predicted octanol–water partition coefficient (Wildman–Crippen LogP) is 2.75. The van der Waals surface area contributed by atoms with Crippen LogP contribution in [0.1, 0.15) is 43.5 Å². The van der Waals surface area contributed by atoms with Crippen molar-refractivity contribution >= 4 is 5.78 Å². The highest BCUT2D eigenvalue weighted by molar-refractivity contribution is 5.95. The maximum absolute atomic E-state index is 11.6. The van der Waals surface area contributed by atoms with Crippen LogP contribution in [0.15, 0.2) is 24.3 Å². The minimum Gasteiger partial charge on any atom is -0.491 e. The highest BCUT2D eigenvalue weighted by atomic mass is 16.5. The van der Waals surface area contributed by atoms with Gasteiger partial charge in [0.05, 0.1) is 0 Å². The lowest BCUT2D eigenvalue weighted by atomic mass is 10.0. The van der Waals surface area contributed by atoms with Crippen LogP contribution in [0.4, 0.5) is 0 Å². The number of Topliss-reactive ketones (excluding diaryl/α,β-unsaturated/α-hetero) is 1. The lowest BCUT2D eigenvalue weighted by Gasteiger charge is -2.32. The molecule has 1 aliphatic rings. The number of carbonyl (C=O) groups excluding carboxylic acids is 1. The van der Waals surface area contributed by atoms with Gasteiger partial charge in [0, 0.05) is 25.1 Å². The number of piperidine rings is 1. The van der Waals surface area contributed by atoms with Gasteiger partial charge in [0.25, 0.3) is 0 Å². The van der Waals surface area contributed by atoms with Crippen LogP contribution in [-0.2, 0) is 0 Å². The van der Waals surface area contributed by atoms with Gasteiger partial charge in [0.2, 0.25) is 0 Å². The summed E-state index contributed by atoms with van der Waals surface area (Å²) in [6.45, 7) is 7.18. The van der Waals surface area contributed by atoms with Crippen molar-refractivity contribution < 1.29 is 14.6 Å². The van der Waals surface area contributed by atoms with Gasteiger partial charge in [-0.1, -0.05) is 13.8 Å². The molecule has 0 bridgehead atoms. The third-order valence-corrected chi connectivity index (χ3v) is 4.15. The Labute approximate surface area is 133 Å². The lowest BCUT2D eigenvalue weighted by molar-refractivity contribution is 0.0537. The van der Waals surface area contributed by atoms with Crippen LogP contribution >= 0.6 is 0 Å². The fraction of sp³-hybridized carbons (Fsp3) is 0.611. The monoisotopic (exact) mass is 305 g/mol. The van der Waals surface area contributed by atoms with E-state index < -0.39 is 6.10 Å². The summed E-state index contributed by atoms with van der Waals surface area (Å²) in [6, 6.07) is 7.14. The molecule has 4 nitrogen and oxygen atoms in total. The normalized spacial score (nSPS) is 20.6. The van der Waals surface area contributed by atoms with Gasteiger partial charge in [0.1, 0.15) is 18.5 Å². The summed E-state index contributed by atoms with van der Waals surface area (Å²) in [5.74, 6) is 1.54. The van der Waals surface area contributed by atoms with Gasteiger partial charge in [-0.2, -0.15) is 0 Å². The highest BCUT2D eigenvalue weighted by Crippen LogP contribution is 2.16. The number of carbonyl (C=O) groups is 1. The Morgan fingerprint density at radius 2 is 2.14 bits per heavy atom. The Morgan fingerprint density at radius 1 is 1.41 bits per heavy atom. The molecule has 0 saturated carbocycles. The van der Waals surface area contributed by atoms with Gasteiger partial charge < -0.3 is 14.7 Å². The Balaban J connectivity index is 1.76. The Hall–Kier alpha value is -1.39. The summed E-state index contributed by atoms with van der Waals surface area (Å²) >= 11 is 0. The molecule has 4 heteroatoms. The molecule has 0 radical (unpaired) electrons. The molecule has 0 unspecified atom stereocenters. The molecule has 122 valence electrons. The van der Waals surface area contributed by atoms with Crippen LogP contribution in [-0.4, -0.2) is 48.1 Å². The summed E-state index contributed by atoms with van der Waals surface area (Å²) in [5.41, 5.74) is 0.706. The molecular weight excluding hydrogens is 278 g/mol. The van der Waals surface area contributed by atoms with Crippen LogP contribution in [0.5, 0.6) is 5.75 Å². The van der Waals surface area contributed by atoms with Crippen molar-refractivity contribution in [1.82, 2.24) is 4.90 Å². The van der Waals surface area contributed by atoms with Crippen molar-refractivity contribution in [1.29, 1.82) is 0 Å². The zero-order chi connectivity index (χ0) is 15.9. The quantitative estimate of drug-likeness (QED) is 0.787. The molecule has 1 aromatic rings. The van der Waals surface area contributed by atoms with E-state index in [9.17, 15) is 9.90 Å². The van der Waals surface area contributed by atoms with Crippen LogP contribution < -0.4 is 4.74 Å². The molecule has 2 rings (SSSR count). The molecule has 0 amide bonds. The number of β-amino-alcohol motifs (C(OH)–C–C–N with tert-alkyl or cyclic N) is 1. The van der Waals surface area contributed by atoms with Crippen molar-refractivity contribution in [3.63, 3.8) is 0 Å². The number of ketones is 1. The first-order valence-electron chi connectivity index (χ1n) is 8.25. The van der Waals surface area contributed by atoms with Crippen LogP contribution in [0, 0.1) is 5.92 Å². The fourth-order valence-corrected chi connectivity index (χ4v) is 2.94. The van der Waals surface area contributed by atoms with E-state index in [2.05, 4.69) is 11.8 Å². The van der Waals surface area contributed by atoms with Crippen molar-refractivity contribution in [2.45, 2.75) is 39.2 Å². The molecule has 22 heavy (non-hydrogen) atoms. The summed E-state index contributed by atoms with van der Waals surface area (Å²) in [7, 11) is 0. The Morgan fingerprint density at radius 3 is 2.77 bits per heavy atom. The zero-order valence-corrected chi connectivity index (χ0v) is 13.6. The smallest absolute Gasteiger partial charge is 0.162 e. The van der Waals surface area contributed by atoms with E-state index in [0.29, 0.717) is 30.2 Å². The number of hydrogen-bond acceptors (Lipinski definition) is 4. The van der Waals surface area contributed by atoms with Gasteiger partial charge in [-0.05, 0) is 49.6 Å². The number of likely N-dealkylation sites (tertiary alicyclic amines) is 1. The largest absolute Gasteiger partial charge is 0.491 e. The van der Waals surface area contributed by atoms with Crippen molar-refractivity contribution in [3.05, 3.63) is 29.8 Å². The van der Waals surface area contributed by atoms with E-state index in [1.165, 1.54) is 12.8 Å². The molecule has 1 fully saturated rings. The number of aliphatic hydroxyl groups excluding tert-OH is 1. The van der Waals surface area contributed by atoms with Crippen molar-refractivity contribution in [3.8, 4) is 5.75 Å². The fourth-order valence-electron chi connectivity index (χ4n) is 2.94. The summed E-state index contributed by atoms with van der Waals surface area (Å²) in [4.78, 5) is 13.9. The SMILES string of the molecule is CCC(=O)c1ccc(OC[C@@H](O)CN2CCC[C@@H](C)C2)cc1. The number of benzene rings is 1. The molecular formula is C18H27NO3. The Kier molecular flexibility index (Phi) is 6.40. The highest BCUT2D eigenvalue weighted by Gasteiger charge is 2.19. The molecule has 1 saturated heterocycles. The summed E-state index contributed by atoms with van der Waals surface area (Å²) in [6.07, 6.45) is 2.52. The minimum absolute atomic E-state index is 0.130. The third kappa shape index (κ3) is 5.11. The van der Waals surface area contributed by atoms with Gasteiger partial charge >= 0.3 is 0 Å². The number of aliphatic hydroxyl groups is 1. The Bertz CT molecular complexity index is 472. The summed E-state index contributed by atoms with van der Waals surface area (Å²) in [5, 5.41) is 10.1. The second-order valence-corrected chi connectivity index (χ2v) is 6.27. The predicted molar refractivity (Wildman–Crippen MR) is 87.4 cm³/mol. The third-order valence-electron chi connectivity index (χ3n) is 4.15. The standard InChI is InChI=1S/C18H27NO3/c1-3-18(21)15-6-8-17(9-7-15)22-13-16(20)12-19-10-4-5-14(2)11-19/h6-9,14,16,20H,3-5,10-13H2,1-2H3/t14-,16+/m1/s1. The van der Waals surface area contributed by atoms with Crippen LogP contribution in [0.25, 0.3) is 0 Å². The van der Waals surface area contributed by atoms with E-state index in [-0.39, 0.29) is 12.4 Å². The maximum atomic E-state index is 11.6. The maximum Gasteiger partial charge on any atom is 0.162 e. The molecule has 2 atom stereocenters. The van der Waals surface area contributed by atoms with Gasteiger partial charge in [-0.15, -0.1) is 0 Å². The van der Waals surface area contributed by atoms with E-state index in [0.717, 1.165) is 13.1 Å². The first-order valence-corrected chi connectivity index (χ1v) is 8.25. The van der Waals surface area contributed by atoms with Crippen LogP contribution in [0.3, 0.4) is 0 Å². The lowest BCUT2D eigenvalue weighted by Crippen LogP contribution is -2.41. The van der Waals surface area contributed by atoms with Crippen molar-refractivity contribution in [2.24, 2.45) is 5.92 Å². The topological polar surface area (TPSA) is 49.8 Å². The van der Waals surface area contributed by atoms with Gasteiger partial charge in [-0.25, -0.2) is 0 Å². The van der Waals surface area contributed by atoms with E-state index >= 15 is 0 Å². The average Bonchev–Trinajstić information content (AvgIpc) is 2.52. The van der Waals surface area contributed by atoms with Crippen LogP contribution in [0.2, 0.25) is 0 Å². The molecule has 1 aliphatic heterocycles. The second-order valence-electron chi connectivity index (χ2n) is 6.27. The first kappa shape index (κ1) is 17.0. The molecule has 1 N–H and O–H groups in total. The number of ether oxygens (including phenoxy) is 1. The zero-order valence-electron chi connectivity index (χ0n) is 13.6. The second kappa shape index (κ2) is 8.30. The summed E-state index contributed by atoms with van der Waals surface area (Å²) < 4.78 is 5.62. The van der Waals surface area contributed by atoms with Crippen molar-refractivity contribution in [2.75, 3.05) is 26.2 Å². The molecule has 0 spiro atoms. The van der Waals surface area contributed by atoms with E-state index in [4.69, 9.17) is 4.74 Å². The molecule has 0 aromatic heterocycles. The van der Waals surface area contributed by atoms with E-state index in [1.807, 2.05) is 6.92 Å². The number of rotatable bonds is 7. The molecule has 1 heterocycles. The van der Waals surface area contributed by atoms with Gasteiger partial charge in [0.15, 0.2) is 5.78 Å². The number of hydrogen-bond donors (Lipinski definition) is 1. The minimum atomic E-state index is -0.484. The molecule has 1 aromatic carbocycles. The van der Waals surface area contributed by atoms with Gasteiger partial charge in [-0.3, -0.25) is 4.79 Å². The molecule has 0 aliphatic carbocycles. The number of nitrogens with zero attached hydrogens (tertiary/aromatic N) is 1. The first-order chi connectivity index (χ1) is 10.6. The average molecular weight is 305 g/mol.